The first-order valence-corrected chi connectivity index (χ1v) is 10.5. The molecule has 7 heteroatoms. The molecule has 0 spiro atoms. The highest BCUT2D eigenvalue weighted by Crippen LogP contribution is 2.19. The SMILES string of the molecule is Cc1ccc(NC(=O)c2ccc(S(=O)(=O)N3CC[NH+](C)CC3)cc2)c(C)c1. The van der Waals surface area contributed by atoms with Gasteiger partial charge >= 0.3 is 0 Å². The topological polar surface area (TPSA) is 70.9 Å². The number of hydrogen-bond donors (Lipinski definition) is 2. The molecule has 1 fully saturated rings. The summed E-state index contributed by atoms with van der Waals surface area (Å²) in [4.78, 5) is 14.0. The molecule has 27 heavy (non-hydrogen) atoms. The minimum atomic E-state index is -3.51. The molecule has 0 aromatic heterocycles. The fourth-order valence-electron chi connectivity index (χ4n) is 3.18. The molecule has 0 unspecified atom stereocenters. The van der Waals surface area contributed by atoms with Gasteiger partial charge in [0, 0.05) is 11.3 Å². The van der Waals surface area contributed by atoms with Crippen LogP contribution in [0.5, 0.6) is 0 Å². The average Bonchev–Trinajstić information content (AvgIpc) is 2.64. The third-order valence-electron chi connectivity index (χ3n) is 4.96. The number of piperazine rings is 1. The molecule has 0 atom stereocenters. The van der Waals surface area contributed by atoms with Crippen molar-refractivity contribution in [3.63, 3.8) is 0 Å². The maximum atomic E-state index is 12.8. The molecular formula is C20H26N3O3S+. The Kier molecular flexibility index (Phi) is 5.64. The van der Waals surface area contributed by atoms with Gasteiger partial charge in [0.1, 0.15) is 0 Å². The smallest absolute Gasteiger partial charge is 0.255 e. The number of rotatable bonds is 4. The highest BCUT2D eigenvalue weighted by atomic mass is 32.2. The van der Waals surface area contributed by atoms with Gasteiger partial charge in [-0.05, 0) is 49.7 Å². The number of aryl methyl sites for hydroxylation is 2. The largest absolute Gasteiger partial charge is 0.335 e. The van der Waals surface area contributed by atoms with E-state index in [-0.39, 0.29) is 10.8 Å². The number of amides is 1. The van der Waals surface area contributed by atoms with Gasteiger partial charge in [-0.15, -0.1) is 0 Å². The monoisotopic (exact) mass is 388 g/mol. The van der Waals surface area contributed by atoms with Crippen molar-refractivity contribution in [1.82, 2.24) is 4.31 Å². The van der Waals surface area contributed by atoms with Crippen LogP contribution in [0.4, 0.5) is 5.69 Å². The predicted octanol–water partition coefficient (Wildman–Crippen LogP) is 1.07. The number of anilines is 1. The number of quaternary nitrogens is 1. The molecule has 144 valence electrons. The molecule has 2 N–H and O–H groups in total. The van der Waals surface area contributed by atoms with Crippen LogP contribution in [0.15, 0.2) is 47.4 Å². The second-order valence-corrected chi connectivity index (χ2v) is 9.10. The van der Waals surface area contributed by atoms with Crippen LogP contribution in [0.3, 0.4) is 0 Å². The van der Waals surface area contributed by atoms with E-state index in [4.69, 9.17) is 0 Å². The molecule has 0 radical (unpaired) electrons. The minimum absolute atomic E-state index is 0.227. The lowest BCUT2D eigenvalue weighted by molar-refractivity contribution is -0.883. The summed E-state index contributed by atoms with van der Waals surface area (Å²) in [5.74, 6) is -0.255. The summed E-state index contributed by atoms with van der Waals surface area (Å²) in [6.45, 7) is 6.58. The van der Waals surface area contributed by atoms with Crippen molar-refractivity contribution in [1.29, 1.82) is 0 Å². The van der Waals surface area contributed by atoms with Gasteiger partial charge in [-0.25, -0.2) is 8.42 Å². The van der Waals surface area contributed by atoms with Crippen LogP contribution in [0.2, 0.25) is 0 Å². The minimum Gasteiger partial charge on any atom is -0.335 e. The van der Waals surface area contributed by atoms with Crippen LogP contribution in [0.25, 0.3) is 0 Å². The standard InChI is InChI=1S/C20H25N3O3S/c1-15-4-9-19(16(2)14-15)21-20(24)17-5-7-18(8-6-17)27(25,26)23-12-10-22(3)11-13-23/h4-9,14H,10-13H2,1-3H3,(H,21,24)/p+1. The molecule has 6 nitrogen and oxygen atoms in total. The fourth-order valence-corrected chi connectivity index (χ4v) is 4.63. The van der Waals surface area contributed by atoms with Gasteiger partial charge in [-0.1, -0.05) is 17.7 Å². The highest BCUT2D eigenvalue weighted by Gasteiger charge is 2.29. The Balaban J connectivity index is 1.73. The zero-order valence-electron chi connectivity index (χ0n) is 16.0. The first kappa shape index (κ1) is 19.5. The Hall–Kier alpha value is -2.22. The molecule has 1 aliphatic heterocycles. The van der Waals surface area contributed by atoms with E-state index in [1.807, 2.05) is 32.0 Å². The Bertz CT molecular complexity index is 931. The van der Waals surface area contributed by atoms with Gasteiger partial charge < -0.3 is 10.2 Å². The molecule has 1 heterocycles. The van der Waals surface area contributed by atoms with E-state index >= 15 is 0 Å². The third kappa shape index (κ3) is 4.37. The first-order valence-electron chi connectivity index (χ1n) is 9.07. The number of carbonyl (C=O) groups is 1. The van der Waals surface area contributed by atoms with E-state index < -0.39 is 10.0 Å². The predicted molar refractivity (Wildman–Crippen MR) is 106 cm³/mol. The number of likely N-dealkylation sites (N-methyl/N-ethyl adjacent to an activating group) is 1. The lowest BCUT2D eigenvalue weighted by Crippen LogP contribution is -3.12. The number of hydrogen-bond acceptors (Lipinski definition) is 3. The van der Waals surface area contributed by atoms with Crippen LogP contribution in [0, 0.1) is 13.8 Å². The highest BCUT2D eigenvalue weighted by molar-refractivity contribution is 7.89. The van der Waals surface area contributed by atoms with E-state index in [0.717, 1.165) is 29.9 Å². The van der Waals surface area contributed by atoms with Crippen LogP contribution < -0.4 is 10.2 Å². The number of nitrogens with zero attached hydrogens (tertiary/aromatic N) is 1. The van der Waals surface area contributed by atoms with Crippen molar-refractivity contribution >= 4 is 21.6 Å². The van der Waals surface area contributed by atoms with Gasteiger partial charge in [0.05, 0.1) is 38.1 Å². The fraction of sp³-hybridized carbons (Fsp3) is 0.350. The van der Waals surface area contributed by atoms with E-state index in [9.17, 15) is 13.2 Å². The third-order valence-corrected chi connectivity index (χ3v) is 6.87. The molecule has 0 aliphatic carbocycles. The van der Waals surface area contributed by atoms with Crippen LogP contribution in [0.1, 0.15) is 21.5 Å². The van der Waals surface area contributed by atoms with Gasteiger partial charge in [0.2, 0.25) is 10.0 Å². The first-order chi connectivity index (χ1) is 12.8. The van der Waals surface area contributed by atoms with Gasteiger partial charge in [-0.2, -0.15) is 4.31 Å². The van der Waals surface area contributed by atoms with Crippen LogP contribution >= 0.6 is 0 Å². The van der Waals surface area contributed by atoms with Gasteiger partial charge in [0.25, 0.3) is 5.91 Å². The molecule has 3 rings (SSSR count). The van der Waals surface area contributed by atoms with E-state index in [1.165, 1.54) is 21.3 Å². The molecule has 1 aliphatic rings. The molecule has 0 bridgehead atoms. The molecular weight excluding hydrogens is 362 g/mol. The van der Waals surface area contributed by atoms with Crippen molar-refractivity contribution < 1.29 is 18.1 Å². The summed E-state index contributed by atoms with van der Waals surface area (Å²) in [6.07, 6.45) is 0. The van der Waals surface area contributed by atoms with Crippen molar-refractivity contribution in [2.75, 3.05) is 38.5 Å². The zero-order valence-corrected chi connectivity index (χ0v) is 16.8. The summed E-state index contributed by atoms with van der Waals surface area (Å²) < 4.78 is 27.0. The summed E-state index contributed by atoms with van der Waals surface area (Å²) in [5, 5.41) is 2.88. The Labute approximate surface area is 160 Å². The van der Waals surface area contributed by atoms with E-state index in [2.05, 4.69) is 12.4 Å². The maximum Gasteiger partial charge on any atom is 0.255 e. The summed E-state index contributed by atoms with van der Waals surface area (Å²) >= 11 is 0. The van der Waals surface area contributed by atoms with E-state index in [0.29, 0.717) is 18.7 Å². The normalized spacial score (nSPS) is 16.3. The van der Waals surface area contributed by atoms with Crippen LogP contribution in [-0.2, 0) is 10.0 Å². The molecule has 2 aromatic rings. The summed E-state index contributed by atoms with van der Waals surface area (Å²) in [5.41, 5.74) is 3.30. The molecule has 2 aromatic carbocycles. The van der Waals surface area contributed by atoms with Crippen LogP contribution in [-0.4, -0.2) is 51.9 Å². The molecule has 1 saturated heterocycles. The second-order valence-electron chi connectivity index (χ2n) is 7.16. The zero-order chi connectivity index (χ0) is 19.6. The lowest BCUT2D eigenvalue weighted by atomic mass is 10.1. The van der Waals surface area contributed by atoms with E-state index in [1.54, 1.807) is 12.1 Å². The summed E-state index contributed by atoms with van der Waals surface area (Å²) in [7, 11) is -1.45. The van der Waals surface area contributed by atoms with Crippen molar-refractivity contribution in [3.8, 4) is 0 Å². The molecule has 1 amide bonds. The number of sulfonamides is 1. The summed E-state index contributed by atoms with van der Waals surface area (Å²) in [6, 6.07) is 12.0. The van der Waals surface area contributed by atoms with Crippen molar-refractivity contribution in [3.05, 3.63) is 59.2 Å². The molecule has 0 saturated carbocycles. The average molecular weight is 389 g/mol. The number of nitrogens with one attached hydrogen (secondary N) is 2. The Morgan fingerprint density at radius 2 is 1.67 bits per heavy atom. The van der Waals surface area contributed by atoms with Gasteiger partial charge in [0.15, 0.2) is 0 Å². The lowest BCUT2D eigenvalue weighted by Gasteiger charge is -2.29. The number of carbonyl (C=O) groups excluding carboxylic acids is 1. The van der Waals surface area contributed by atoms with Crippen molar-refractivity contribution in [2.45, 2.75) is 18.7 Å². The van der Waals surface area contributed by atoms with Crippen molar-refractivity contribution in [2.24, 2.45) is 0 Å². The Morgan fingerprint density at radius 3 is 2.26 bits per heavy atom. The maximum absolute atomic E-state index is 12.8. The number of benzene rings is 2. The van der Waals surface area contributed by atoms with Gasteiger partial charge in [-0.3, -0.25) is 4.79 Å². The Morgan fingerprint density at radius 1 is 1.04 bits per heavy atom. The second kappa shape index (κ2) is 7.80. The quantitative estimate of drug-likeness (QED) is 0.823.